The summed E-state index contributed by atoms with van der Waals surface area (Å²) in [6.07, 6.45) is 9.37. The minimum absolute atomic E-state index is 0.428. The maximum Gasteiger partial charge on any atom is 0.259 e. The van der Waals surface area contributed by atoms with Crippen molar-refractivity contribution in [2.45, 2.75) is 98.1 Å². The normalized spacial score (nSPS) is 23.2. The monoisotopic (exact) mass is 517 g/mol. The van der Waals surface area contributed by atoms with Crippen LogP contribution in [0.4, 0.5) is 0 Å². The van der Waals surface area contributed by atoms with Crippen molar-refractivity contribution in [1.29, 1.82) is 0 Å². The lowest BCUT2D eigenvalue weighted by Crippen LogP contribution is -2.33. The molecule has 0 spiro atoms. The van der Waals surface area contributed by atoms with Crippen LogP contribution in [-0.2, 0) is 13.8 Å². The van der Waals surface area contributed by atoms with Gasteiger partial charge in [-0.05, 0) is 84.0 Å². The van der Waals surface area contributed by atoms with Crippen LogP contribution < -0.4 is 0 Å². The van der Waals surface area contributed by atoms with E-state index in [-0.39, 0.29) is 0 Å². The molecular weight excluding hydrogens is 469 g/mol. The van der Waals surface area contributed by atoms with Gasteiger partial charge in [0.15, 0.2) is 0 Å². The Morgan fingerprint density at radius 1 is 0.848 bits per heavy atom. The molecule has 1 fully saturated rings. The molecule has 0 radical (unpaired) electrons. The first-order valence-electron chi connectivity index (χ1n) is 13.2. The predicted octanol–water partition coefficient (Wildman–Crippen LogP) is 7.78. The molecule has 0 N–H and O–H groups in total. The van der Waals surface area contributed by atoms with E-state index in [9.17, 15) is 0 Å². The summed E-state index contributed by atoms with van der Waals surface area (Å²) in [6, 6.07) is 0.856. The summed E-state index contributed by atoms with van der Waals surface area (Å²) in [6.45, 7) is 14.4. The van der Waals surface area contributed by atoms with Gasteiger partial charge in [-0.2, -0.15) is 0 Å². The van der Waals surface area contributed by atoms with Crippen molar-refractivity contribution in [1.82, 2.24) is 4.67 Å². The SMILES string of the molecule is CCCOP(OCCCSSCCCOCC[C@H]1[C@@H]2CCC#CCC[C@@H]21)N(C(C)C)C(C)C. The molecule has 33 heavy (non-hydrogen) atoms. The lowest BCUT2D eigenvalue weighted by molar-refractivity contribution is 0.127. The van der Waals surface area contributed by atoms with Crippen LogP contribution in [-0.4, -0.2) is 54.7 Å². The fraction of sp³-hybridized carbons (Fsp3) is 0.923. The second-order valence-electron chi connectivity index (χ2n) is 9.65. The Labute approximate surface area is 213 Å². The first-order chi connectivity index (χ1) is 16.1. The van der Waals surface area contributed by atoms with E-state index in [1.165, 1.54) is 25.0 Å². The molecule has 1 saturated carbocycles. The highest BCUT2D eigenvalue weighted by molar-refractivity contribution is 8.76. The average molecular weight is 518 g/mol. The Morgan fingerprint density at radius 3 is 2.00 bits per heavy atom. The molecule has 0 bridgehead atoms. The summed E-state index contributed by atoms with van der Waals surface area (Å²) < 4.78 is 20.6. The molecule has 0 aromatic rings. The summed E-state index contributed by atoms with van der Waals surface area (Å²) in [4.78, 5) is 0. The van der Waals surface area contributed by atoms with Crippen LogP contribution in [0.15, 0.2) is 0 Å². The Bertz CT molecular complexity index is 543. The quantitative estimate of drug-likeness (QED) is 0.0752. The zero-order valence-corrected chi connectivity index (χ0v) is 24.2. The zero-order valence-electron chi connectivity index (χ0n) is 21.7. The van der Waals surface area contributed by atoms with E-state index in [0.717, 1.165) is 82.0 Å². The maximum absolute atomic E-state index is 6.19. The van der Waals surface area contributed by atoms with Crippen LogP contribution in [0.5, 0.6) is 0 Å². The smallest absolute Gasteiger partial charge is 0.259 e. The molecule has 1 unspecified atom stereocenters. The number of hydrogen-bond donors (Lipinski definition) is 0. The van der Waals surface area contributed by atoms with Crippen molar-refractivity contribution in [2.24, 2.45) is 17.8 Å². The molecule has 2 aliphatic carbocycles. The molecule has 0 saturated heterocycles. The van der Waals surface area contributed by atoms with Gasteiger partial charge in [0.1, 0.15) is 0 Å². The van der Waals surface area contributed by atoms with E-state index >= 15 is 0 Å². The molecule has 2 aliphatic rings. The van der Waals surface area contributed by atoms with E-state index in [4.69, 9.17) is 13.8 Å². The van der Waals surface area contributed by atoms with Crippen molar-refractivity contribution < 1.29 is 13.8 Å². The van der Waals surface area contributed by atoms with Crippen LogP contribution in [0.2, 0.25) is 0 Å². The summed E-state index contributed by atoms with van der Waals surface area (Å²) in [7, 11) is 2.97. The molecule has 0 aliphatic heterocycles. The molecular formula is C26H48NO3PS2. The minimum atomic E-state index is -0.958. The van der Waals surface area contributed by atoms with Crippen LogP contribution in [0, 0.1) is 29.6 Å². The van der Waals surface area contributed by atoms with Gasteiger partial charge in [-0.15, -0.1) is 11.8 Å². The second-order valence-corrected chi connectivity index (χ2v) is 13.8. The summed E-state index contributed by atoms with van der Waals surface area (Å²) in [5.41, 5.74) is 0. The van der Waals surface area contributed by atoms with E-state index < -0.39 is 8.53 Å². The highest BCUT2D eigenvalue weighted by atomic mass is 33.1. The molecule has 0 aromatic heterocycles. The number of fused-ring (bicyclic) bond motifs is 1. The third-order valence-electron chi connectivity index (χ3n) is 6.26. The van der Waals surface area contributed by atoms with Crippen molar-refractivity contribution in [3.05, 3.63) is 0 Å². The van der Waals surface area contributed by atoms with Crippen molar-refractivity contribution in [2.75, 3.05) is 37.9 Å². The standard InChI is InChI=1S/C26H48NO3PS2/c1-6-16-29-31(27(22(2)3)23(4)5)30-18-12-21-33-32-20-11-17-28-19-15-26-24-13-9-7-8-10-14-25(24)26/h22-26H,6,9-21H2,1-5H3/t24-,25+,26+,31?. The third-order valence-corrected chi connectivity index (χ3v) is 10.9. The topological polar surface area (TPSA) is 30.9 Å². The Balaban J connectivity index is 1.41. The molecule has 0 aromatic carbocycles. The van der Waals surface area contributed by atoms with Crippen LogP contribution >= 0.6 is 30.1 Å². The summed E-state index contributed by atoms with van der Waals surface area (Å²) in [5, 5.41) is 0. The molecule has 4 nitrogen and oxygen atoms in total. The second kappa shape index (κ2) is 17.9. The molecule has 0 amide bonds. The summed E-state index contributed by atoms with van der Waals surface area (Å²) >= 11 is 0. The molecule has 7 heteroatoms. The first kappa shape index (κ1) is 29.8. The highest BCUT2D eigenvalue weighted by Gasteiger charge is 2.47. The number of ether oxygens (including phenoxy) is 1. The molecule has 2 rings (SSSR count). The fourth-order valence-electron chi connectivity index (χ4n) is 4.70. The van der Waals surface area contributed by atoms with E-state index in [1.807, 2.05) is 21.6 Å². The number of hydrogen-bond acceptors (Lipinski definition) is 6. The maximum atomic E-state index is 6.19. The summed E-state index contributed by atoms with van der Waals surface area (Å²) in [5.74, 6) is 11.7. The zero-order chi connectivity index (χ0) is 23.9. The van der Waals surface area contributed by atoms with Gasteiger partial charge in [0.05, 0.1) is 13.2 Å². The average Bonchev–Trinajstić information content (AvgIpc) is 3.40. The lowest BCUT2D eigenvalue weighted by Gasteiger charge is -2.35. The van der Waals surface area contributed by atoms with Crippen molar-refractivity contribution in [3.63, 3.8) is 0 Å². The van der Waals surface area contributed by atoms with E-state index in [1.54, 1.807) is 0 Å². The third kappa shape index (κ3) is 11.9. The minimum Gasteiger partial charge on any atom is -0.381 e. The van der Waals surface area contributed by atoms with Gasteiger partial charge in [-0.25, -0.2) is 4.67 Å². The highest BCUT2D eigenvalue weighted by Crippen LogP contribution is 2.54. The van der Waals surface area contributed by atoms with Gasteiger partial charge in [-0.1, -0.05) is 28.5 Å². The van der Waals surface area contributed by atoms with Gasteiger partial charge in [0.2, 0.25) is 0 Å². The predicted molar refractivity (Wildman–Crippen MR) is 148 cm³/mol. The van der Waals surface area contributed by atoms with Crippen LogP contribution in [0.3, 0.4) is 0 Å². The van der Waals surface area contributed by atoms with Gasteiger partial charge in [0, 0.05) is 49.6 Å². The van der Waals surface area contributed by atoms with Gasteiger partial charge in [0.25, 0.3) is 8.53 Å². The fourth-order valence-corrected chi connectivity index (χ4v) is 8.54. The van der Waals surface area contributed by atoms with Crippen LogP contribution in [0.25, 0.3) is 0 Å². The number of nitrogens with zero attached hydrogens (tertiary/aromatic N) is 1. The molecule has 192 valence electrons. The molecule has 0 heterocycles. The van der Waals surface area contributed by atoms with E-state index in [2.05, 4.69) is 51.1 Å². The Hall–Kier alpha value is 0.530. The Kier molecular flexibility index (Phi) is 16.1. The largest absolute Gasteiger partial charge is 0.381 e. The van der Waals surface area contributed by atoms with Gasteiger partial charge < -0.3 is 13.8 Å². The number of rotatable bonds is 19. The Morgan fingerprint density at radius 2 is 1.42 bits per heavy atom. The van der Waals surface area contributed by atoms with E-state index in [0.29, 0.717) is 12.1 Å². The van der Waals surface area contributed by atoms with Gasteiger partial charge in [-0.3, -0.25) is 0 Å². The first-order valence-corrected chi connectivity index (χ1v) is 16.8. The lowest BCUT2D eigenvalue weighted by atomic mass is 10.1. The van der Waals surface area contributed by atoms with Crippen molar-refractivity contribution >= 4 is 30.1 Å². The van der Waals surface area contributed by atoms with Crippen molar-refractivity contribution in [3.8, 4) is 11.8 Å². The van der Waals surface area contributed by atoms with Gasteiger partial charge >= 0.3 is 0 Å². The molecule has 4 atom stereocenters. The van der Waals surface area contributed by atoms with Crippen LogP contribution in [0.1, 0.15) is 86.0 Å².